The van der Waals surface area contributed by atoms with E-state index in [1.165, 1.54) is 0 Å². The molecule has 1 aromatic carbocycles. The van der Waals surface area contributed by atoms with E-state index in [4.69, 9.17) is 0 Å². The Labute approximate surface area is 143 Å². The Bertz CT molecular complexity index is 691. The summed E-state index contributed by atoms with van der Waals surface area (Å²) >= 11 is 0. The third-order valence-corrected chi connectivity index (χ3v) is 4.88. The highest BCUT2D eigenvalue weighted by atomic mass is 16.2. The van der Waals surface area contributed by atoms with E-state index in [0.717, 1.165) is 42.9 Å². The molecule has 1 N–H and O–H groups in total. The molecule has 0 atom stereocenters. The van der Waals surface area contributed by atoms with Gasteiger partial charge in [0.15, 0.2) is 0 Å². The Balaban J connectivity index is 1.72. The number of benzene rings is 1. The summed E-state index contributed by atoms with van der Waals surface area (Å²) in [6.07, 6.45) is 3.67. The van der Waals surface area contributed by atoms with Crippen LogP contribution in [0.5, 0.6) is 0 Å². The summed E-state index contributed by atoms with van der Waals surface area (Å²) in [5.41, 5.74) is 1.87. The molecule has 0 spiro atoms. The number of rotatable bonds is 7. The van der Waals surface area contributed by atoms with Crippen LogP contribution in [0.15, 0.2) is 48.7 Å². The highest BCUT2D eigenvalue weighted by Crippen LogP contribution is 2.48. The van der Waals surface area contributed by atoms with Crippen molar-refractivity contribution in [2.75, 3.05) is 18.0 Å². The summed E-state index contributed by atoms with van der Waals surface area (Å²) < 4.78 is 0. The number of pyridine rings is 1. The zero-order valence-corrected chi connectivity index (χ0v) is 14.5. The average Bonchev–Trinajstić information content (AvgIpc) is 3.44. The third-order valence-electron chi connectivity index (χ3n) is 4.88. The lowest BCUT2D eigenvalue weighted by atomic mass is 9.95. The Hall–Kier alpha value is -2.36. The molecule has 0 radical (unpaired) electrons. The Morgan fingerprint density at radius 1 is 1.12 bits per heavy atom. The SMILES string of the molecule is CCN(CC)c1ncccc1CNC(=O)C1(c2ccccc2)CC1. The normalized spacial score (nSPS) is 14.9. The van der Waals surface area contributed by atoms with Crippen LogP contribution in [0, 0.1) is 0 Å². The van der Waals surface area contributed by atoms with Gasteiger partial charge in [0, 0.05) is 31.4 Å². The van der Waals surface area contributed by atoms with E-state index in [-0.39, 0.29) is 11.3 Å². The smallest absolute Gasteiger partial charge is 0.230 e. The summed E-state index contributed by atoms with van der Waals surface area (Å²) in [6, 6.07) is 14.1. The number of anilines is 1. The van der Waals surface area contributed by atoms with Crippen LogP contribution < -0.4 is 10.2 Å². The van der Waals surface area contributed by atoms with Gasteiger partial charge < -0.3 is 10.2 Å². The number of carbonyl (C=O) groups is 1. The van der Waals surface area contributed by atoms with E-state index in [0.29, 0.717) is 6.54 Å². The van der Waals surface area contributed by atoms with Gasteiger partial charge in [-0.25, -0.2) is 4.98 Å². The zero-order chi connectivity index (χ0) is 17.0. The van der Waals surface area contributed by atoms with Gasteiger partial charge in [-0.3, -0.25) is 4.79 Å². The Kier molecular flexibility index (Phi) is 4.84. The molecule has 1 aliphatic rings. The molecule has 1 aliphatic carbocycles. The molecule has 4 nitrogen and oxygen atoms in total. The van der Waals surface area contributed by atoms with E-state index in [9.17, 15) is 4.79 Å². The molecular formula is C20H25N3O. The van der Waals surface area contributed by atoms with Gasteiger partial charge in [-0.15, -0.1) is 0 Å². The number of hydrogen-bond donors (Lipinski definition) is 1. The molecule has 24 heavy (non-hydrogen) atoms. The molecule has 0 bridgehead atoms. The van der Waals surface area contributed by atoms with Crippen molar-refractivity contribution in [2.24, 2.45) is 0 Å². The molecule has 0 saturated heterocycles. The van der Waals surface area contributed by atoms with Crippen molar-refractivity contribution in [3.8, 4) is 0 Å². The van der Waals surface area contributed by atoms with E-state index >= 15 is 0 Å². The van der Waals surface area contributed by atoms with Gasteiger partial charge in [0.1, 0.15) is 5.82 Å². The standard InChI is InChI=1S/C20H25N3O/c1-3-23(4-2)18-16(9-8-14-21-18)15-22-19(24)20(12-13-20)17-10-6-5-7-11-17/h5-11,14H,3-4,12-13,15H2,1-2H3,(H,22,24). The van der Waals surface area contributed by atoms with Crippen LogP contribution in [0.4, 0.5) is 5.82 Å². The van der Waals surface area contributed by atoms with Crippen LogP contribution >= 0.6 is 0 Å². The van der Waals surface area contributed by atoms with Crippen molar-refractivity contribution in [3.63, 3.8) is 0 Å². The van der Waals surface area contributed by atoms with Gasteiger partial charge in [-0.1, -0.05) is 36.4 Å². The third kappa shape index (κ3) is 3.14. The minimum Gasteiger partial charge on any atom is -0.357 e. The lowest BCUT2D eigenvalue weighted by Gasteiger charge is -2.23. The largest absolute Gasteiger partial charge is 0.357 e. The molecular weight excluding hydrogens is 298 g/mol. The predicted molar refractivity (Wildman–Crippen MR) is 97.0 cm³/mol. The van der Waals surface area contributed by atoms with Crippen LogP contribution in [0.1, 0.15) is 37.8 Å². The van der Waals surface area contributed by atoms with Crippen molar-refractivity contribution in [1.29, 1.82) is 0 Å². The minimum atomic E-state index is -0.321. The summed E-state index contributed by atoms with van der Waals surface area (Å²) in [6.45, 7) is 6.57. The van der Waals surface area contributed by atoms with Gasteiger partial charge in [-0.2, -0.15) is 0 Å². The quantitative estimate of drug-likeness (QED) is 0.850. The maximum atomic E-state index is 12.8. The first-order chi connectivity index (χ1) is 11.7. The van der Waals surface area contributed by atoms with Gasteiger partial charge in [-0.05, 0) is 38.3 Å². The van der Waals surface area contributed by atoms with Gasteiger partial charge in [0.25, 0.3) is 0 Å². The summed E-state index contributed by atoms with van der Waals surface area (Å²) in [5.74, 6) is 1.09. The van der Waals surface area contributed by atoms with Gasteiger partial charge in [0.2, 0.25) is 5.91 Å². The lowest BCUT2D eigenvalue weighted by Crippen LogP contribution is -2.35. The fourth-order valence-corrected chi connectivity index (χ4v) is 3.25. The molecule has 4 heteroatoms. The number of nitrogens with one attached hydrogen (secondary N) is 1. The number of hydrogen-bond acceptors (Lipinski definition) is 3. The molecule has 0 aliphatic heterocycles. The molecule has 1 amide bonds. The zero-order valence-electron chi connectivity index (χ0n) is 14.5. The van der Waals surface area contributed by atoms with E-state index in [1.54, 1.807) is 0 Å². The fourth-order valence-electron chi connectivity index (χ4n) is 3.25. The first-order valence-corrected chi connectivity index (χ1v) is 8.74. The summed E-state index contributed by atoms with van der Waals surface area (Å²) in [4.78, 5) is 19.5. The van der Waals surface area contributed by atoms with Crippen molar-refractivity contribution in [2.45, 2.75) is 38.6 Å². The molecule has 1 saturated carbocycles. The maximum Gasteiger partial charge on any atom is 0.230 e. The van der Waals surface area contributed by atoms with Crippen LogP contribution in [-0.4, -0.2) is 24.0 Å². The average molecular weight is 323 g/mol. The second-order valence-electron chi connectivity index (χ2n) is 6.29. The maximum absolute atomic E-state index is 12.8. The second-order valence-corrected chi connectivity index (χ2v) is 6.29. The Morgan fingerprint density at radius 2 is 1.83 bits per heavy atom. The molecule has 1 fully saturated rings. The fraction of sp³-hybridized carbons (Fsp3) is 0.400. The van der Waals surface area contributed by atoms with Crippen molar-refractivity contribution in [3.05, 3.63) is 59.8 Å². The number of carbonyl (C=O) groups excluding carboxylic acids is 1. The summed E-state index contributed by atoms with van der Waals surface area (Å²) in [5, 5.41) is 3.14. The molecule has 1 aromatic heterocycles. The van der Waals surface area contributed by atoms with Crippen LogP contribution in [0.25, 0.3) is 0 Å². The van der Waals surface area contributed by atoms with Crippen molar-refractivity contribution in [1.82, 2.24) is 10.3 Å². The molecule has 3 rings (SSSR count). The number of amides is 1. The molecule has 1 heterocycles. The molecule has 2 aromatic rings. The van der Waals surface area contributed by atoms with Crippen LogP contribution in [-0.2, 0) is 16.8 Å². The lowest BCUT2D eigenvalue weighted by molar-refractivity contribution is -0.123. The number of aromatic nitrogens is 1. The number of nitrogens with zero attached hydrogens (tertiary/aromatic N) is 2. The van der Waals surface area contributed by atoms with Gasteiger partial charge >= 0.3 is 0 Å². The molecule has 126 valence electrons. The van der Waals surface area contributed by atoms with Crippen molar-refractivity contribution < 1.29 is 4.79 Å². The molecule has 0 unspecified atom stereocenters. The van der Waals surface area contributed by atoms with Crippen molar-refractivity contribution >= 4 is 11.7 Å². The first-order valence-electron chi connectivity index (χ1n) is 8.74. The second kappa shape index (κ2) is 7.04. The highest BCUT2D eigenvalue weighted by Gasteiger charge is 2.50. The Morgan fingerprint density at radius 3 is 2.46 bits per heavy atom. The van der Waals surface area contributed by atoms with Gasteiger partial charge in [0.05, 0.1) is 5.41 Å². The monoisotopic (exact) mass is 323 g/mol. The minimum absolute atomic E-state index is 0.128. The first kappa shape index (κ1) is 16.5. The van der Waals surface area contributed by atoms with E-state index in [1.807, 2.05) is 36.5 Å². The van der Waals surface area contributed by atoms with Crippen LogP contribution in [0.3, 0.4) is 0 Å². The predicted octanol–water partition coefficient (Wildman–Crippen LogP) is 3.28. The van der Waals surface area contributed by atoms with Crippen LogP contribution in [0.2, 0.25) is 0 Å². The topological polar surface area (TPSA) is 45.2 Å². The van der Waals surface area contributed by atoms with E-state index in [2.05, 4.69) is 41.2 Å². The highest BCUT2D eigenvalue weighted by molar-refractivity contribution is 5.91. The summed E-state index contributed by atoms with van der Waals surface area (Å²) in [7, 11) is 0. The van der Waals surface area contributed by atoms with E-state index < -0.39 is 0 Å².